The second-order valence-corrected chi connectivity index (χ2v) is 7.88. The normalized spacial score (nSPS) is 20.0. The van der Waals surface area contributed by atoms with Crippen molar-refractivity contribution in [2.45, 2.75) is 45.1 Å². The number of likely N-dealkylation sites (tertiary alicyclic amines) is 2. The molecule has 8 heteroatoms. The van der Waals surface area contributed by atoms with Crippen LogP contribution in [0.15, 0.2) is 4.99 Å². The average Bonchev–Trinajstić information content (AvgIpc) is 2.74. The first kappa shape index (κ1) is 26.9. The Balaban J connectivity index is 0.00000420. The minimum atomic E-state index is 0. The largest absolute Gasteiger partial charge is 0.385 e. The quantitative estimate of drug-likeness (QED) is 0.193. The fourth-order valence-electron chi connectivity index (χ4n) is 3.94. The van der Waals surface area contributed by atoms with Crippen molar-refractivity contribution in [2.75, 3.05) is 79.9 Å². The summed E-state index contributed by atoms with van der Waals surface area (Å²) in [4.78, 5) is 9.91. The molecular weight excluding hydrogens is 483 g/mol. The highest BCUT2D eigenvalue weighted by Crippen LogP contribution is 2.18. The summed E-state index contributed by atoms with van der Waals surface area (Å²) in [6.07, 6.45) is 6.00. The molecule has 2 aliphatic heterocycles. The monoisotopic (exact) mass is 526 g/mol. The molecule has 2 rings (SSSR count). The van der Waals surface area contributed by atoms with E-state index in [0.29, 0.717) is 12.0 Å². The van der Waals surface area contributed by atoms with Gasteiger partial charge in [0.25, 0.3) is 0 Å². The maximum atomic E-state index is 5.99. The van der Waals surface area contributed by atoms with Crippen molar-refractivity contribution >= 4 is 29.9 Å². The van der Waals surface area contributed by atoms with Gasteiger partial charge in [0.1, 0.15) is 0 Å². The van der Waals surface area contributed by atoms with Crippen LogP contribution in [-0.4, -0.2) is 102 Å². The molecule has 0 radical (unpaired) electrons. The summed E-state index contributed by atoms with van der Waals surface area (Å²) in [5.74, 6) is 1.79. The lowest BCUT2D eigenvalue weighted by molar-refractivity contribution is 0.00988. The molecule has 0 unspecified atom stereocenters. The molecule has 0 aromatic carbocycles. The number of hydrogen-bond donors (Lipinski definition) is 1. The molecule has 2 heterocycles. The van der Waals surface area contributed by atoms with Crippen molar-refractivity contribution in [3.63, 3.8) is 0 Å². The van der Waals surface area contributed by atoms with Gasteiger partial charge in [-0.3, -0.25) is 4.99 Å². The predicted molar refractivity (Wildman–Crippen MR) is 129 cm³/mol. The molecule has 0 aromatic rings. The van der Waals surface area contributed by atoms with Gasteiger partial charge in [0.2, 0.25) is 0 Å². The van der Waals surface area contributed by atoms with Crippen LogP contribution in [0.1, 0.15) is 39.0 Å². The summed E-state index contributed by atoms with van der Waals surface area (Å²) in [7, 11) is 3.52. The number of methoxy groups -OCH3 is 2. The molecule has 2 aliphatic rings. The second kappa shape index (κ2) is 16.5. The average molecular weight is 527 g/mol. The third-order valence-electron chi connectivity index (χ3n) is 5.74. The van der Waals surface area contributed by atoms with Crippen molar-refractivity contribution in [1.29, 1.82) is 0 Å². The van der Waals surface area contributed by atoms with Gasteiger partial charge in [-0.1, -0.05) is 0 Å². The maximum absolute atomic E-state index is 5.99. The van der Waals surface area contributed by atoms with Gasteiger partial charge in [-0.2, -0.15) is 0 Å². The Morgan fingerprint density at radius 3 is 2.28 bits per heavy atom. The Labute approximate surface area is 194 Å². The van der Waals surface area contributed by atoms with Crippen molar-refractivity contribution in [3.8, 4) is 0 Å². The van der Waals surface area contributed by atoms with E-state index in [1.165, 1.54) is 25.9 Å². The van der Waals surface area contributed by atoms with Gasteiger partial charge in [-0.15, -0.1) is 24.0 Å². The second-order valence-electron chi connectivity index (χ2n) is 7.88. The summed E-state index contributed by atoms with van der Waals surface area (Å²) in [6, 6.07) is 0. The summed E-state index contributed by atoms with van der Waals surface area (Å²) in [5.41, 5.74) is 0. The predicted octanol–water partition coefficient (Wildman–Crippen LogP) is 2.45. The zero-order valence-electron chi connectivity index (χ0n) is 18.7. The Hall–Kier alpha value is -0.160. The number of ether oxygens (including phenoxy) is 3. The van der Waals surface area contributed by atoms with Gasteiger partial charge >= 0.3 is 0 Å². The minimum absolute atomic E-state index is 0. The van der Waals surface area contributed by atoms with Crippen molar-refractivity contribution < 1.29 is 14.2 Å². The Morgan fingerprint density at radius 2 is 1.66 bits per heavy atom. The molecular formula is C21H43IN4O3. The molecule has 0 aromatic heterocycles. The van der Waals surface area contributed by atoms with Gasteiger partial charge < -0.3 is 29.3 Å². The van der Waals surface area contributed by atoms with Crippen LogP contribution in [0.2, 0.25) is 0 Å². The lowest BCUT2D eigenvalue weighted by Crippen LogP contribution is -2.47. The van der Waals surface area contributed by atoms with E-state index < -0.39 is 0 Å². The third-order valence-corrected chi connectivity index (χ3v) is 5.74. The third kappa shape index (κ3) is 10.6. The first-order chi connectivity index (χ1) is 13.8. The fourth-order valence-corrected chi connectivity index (χ4v) is 3.94. The lowest BCUT2D eigenvalue weighted by Gasteiger charge is -2.35. The molecule has 2 saturated heterocycles. The molecule has 0 saturated carbocycles. The first-order valence-electron chi connectivity index (χ1n) is 11.1. The van der Waals surface area contributed by atoms with Gasteiger partial charge in [0.05, 0.1) is 12.7 Å². The number of hydrogen-bond acceptors (Lipinski definition) is 5. The highest BCUT2D eigenvalue weighted by Gasteiger charge is 2.23. The molecule has 29 heavy (non-hydrogen) atoms. The Bertz CT molecular complexity index is 426. The first-order valence-corrected chi connectivity index (χ1v) is 11.1. The Morgan fingerprint density at radius 1 is 0.966 bits per heavy atom. The van der Waals surface area contributed by atoms with Crippen molar-refractivity contribution in [3.05, 3.63) is 0 Å². The van der Waals surface area contributed by atoms with E-state index in [0.717, 1.165) is 77.8 Å². The van der Waals surface area contributed by atoms with Crippen molar-refractivity contribution in [2.24, 2.45) is 10.9 Å². The number of guanidine groups is 1. The van der Waals surface area contributed by atoms with Crippen LogP contribution in [0, 0.1) is 5.92 Å². The molecule has 1 N–H and O–H groups in total. The summed E-state index contributed by atoms with van der Waals surface area (Å²) in [5, 5.41) is 3.49. The molecule has 0 aliphatic carbocycles. The molecule has 0 spiro atoms. The number of piperidine rings is 2. The molecule has 0 bridgehead atoms. The Kier molecular flexibility index (Phi) is 15.3. The van der Waals surface area contributed by atoms with Crippen LogP contribution in [-0.2, 0) is 14.2 Å². The van der Waals surface area contributed by atoms with Crippen LogP contribution < -0.4 is 5.32 Å². The molecule has 0 atom stereocenters. The van der Waals surface area contributed by atoms with Gasteiger partial charge in [0, 0.05) is 60.2 Å². The summed E-state index contributed by atoms with van der Waals surface area (Å²) < 4.78 is 16.3. The van der Waals surface area contributed by atoms with Crippen LogP contribution in [0.3, 0.4) is 0 Å². The molecule has 172 valence electrons. The van der Waals surface area contributed by atoms with Crippen molar-refractivity contribution in [1.82, 2.24) is 15.1 Å². The van der Waals surface area contributed by atoms with E-state index in [1.54, 1.807) is 14.2 Å². The smallest absolute Gasteiger partial charge is 0.193 e. The fraction of sp³-hybridized carbons (Fsp3) is 0.952. The maximum Gasteiger partial charge on any atom is 0.193 e. The van der Waals surface area contributed by atoms with Crippen LogP contribution >= 0.6 is 24.0 Å². The van der Waals surface area contributed by atoms with E-state index in [9.17, 15) is 0 Å². The summed E-state index contributed by atoms with van der Waals surface area (Å²) >= 11 is 0. The minimum Gasteiger partial charge on any atom is -0.385 e. The SMILES string of the molecule is CCNC(=NCC1CCN(CCOC)CC1)N1CCC(OCCCOC)CC1.I. The number of aliphatic imine (C=N–C) groups is 1. The van der Waals surface area contributed by atoms with Gasteiger partial charge in [-0.25, -0.2) is 0 Å². The van der Waals surface area contributed by atoms with E-state index in [4.69, 9.17) is 19.2 Å². The van der Waals surface area contributed by atoms with E-state index in [1.807, 2.05) is 0 Å². The van der Waals surface area contributed by atoms with Gasteiger partial charge in [-0.05, 0) is 58.0 Å². The number of halogens is 1. The van der Waals surface area contributed by atoms with Gasteiger partial charge in [0.15, 0.2) is 5.96 Å². The summed E-state index contributed by atoms with van der Waals surface area (Å²) in [6.45, 7) is 11.9. The van der Waals surface area contributed by atoms with Crippen LogP contribution in [0.5, 0.6) is 0 Å². The van der Waals surface area contributed by atoms with Crippen LogP contribution in [0.4, 0.5) is 0 Å². The van der Waals surface area contributed by atoms with Crippen LogP contribution in [0.25, 0.3) is 0 Å². The number of nitrogens with one attached hydrogen (secondary N) is 1. The number of rotatable bonds is 11. The zero-order chi connectivity index (χ0) is 20.0. The highest BCUT2D eigenvalue weighted by atomic mass is 127. The highest BCUT2D eigenvalue weighted by molar-refractivity contribution is 14.0. The zero-order valence-corrected chi connectivity index (χ0v) is 21.1. The lowest BCUT2D eigenvalue weighted by atomic mass is 9.97. The standard InChI is InChI=1S/C21H42N4O3.HI/c1-4-22-21(23-18-19-6-10-24(11-7-19)14-17-27-3)25-12-8-20(9-13-25)28-16-5-15-26-2;/h19-20H,4-18H2,1-3H3,(H,22,23);1H. The molecule has 2 fully saturated rings. The molecule has 7 nitrogen and oxygen atoms in total. The van der Waals surface area contributed by atoms with E-state index in [-0.39, 0.29) is 24.0 Å². The molecule has 0 amide bonds. The van der Waals surface area contributed by atoms with E-state index >= 15 is 0 Å². The van der Waals surface area contributed by atoms with E-state index in [2.05, 4.69) is 22.0 Å². The topological polar surface area (TPSA) is 58.6 Å². The number of nitrogens with zero attached hydrogens (tertiary/aromatic N) is 3.